The lowest BCUT2D eigenvalue weighted by molar-refractivity contribution is 0.438. The first-order valence-corrected chi connectivity index (χ1v) is 6.92. The van der Waals surface area contributed by atoms with Gasteiger partial charge in [0.25, 0.3) is 0 Å². The van der Waals surface area contributed by atoms with E-state index in [4.69, 9.17) is 4.42 Å². The minimum absolute atomic E-state index is 0.465. The zero-order valence-electron chi connectivity index (χ0n) is 11.8. The topological polar surface area (TPSA) is 25.2 Å². The van der Waals surface area contributed by atoms with Crippen LogP contribution in [0.2, 0.25) is 0 Å². The lowest BCUT2D eigenvalue weighted by Gasteiger charge is -2.18. The van der Waals surface area contributed by atoms with E-state index in [1.54, 1.807) is 6.26 Å². The summed E-state index contributed by atoms with van der Waals surface area (Å²) in [6, 6.07) is 2.57. The van der Waals surface area contributed by atoms with Gasteiger partial charge in [0.05, 0.1) is 6.26 Å². The Kier molecular flexibility index (Phi) is 6.35. The molecule has 2 nitrogen and oxygen atoms in total. The van der Waals surface area contributed by atoms with E-state index in [1.807, 2.05) is 0 Å². The van der Waals surface area contributed by atoms with E-state index < -0.39 is 0 Å². The Balaban J connectivity index is 2.52. The van der Waals surface area contributed by atoms with Crippen LogP contribution in [0.25, 0.3) is 0 Å². The molecule has 0 aliphatic heterocycles. The van der Waals surface area contributed by atoms with Crippen LogP contribution in [0.15, 0.2) is 16.7 Å². The normalized spacial score (nSPS) is 13.2. The average molecular weight is 237 g/mol. The highest BCUT2D eigenvalue weighted by Gasteiger charge is 2.14. The summed E-state index contributed by atoms with van der Waals surface area (Å²) in [5.74, 6) is 1.86. The van der Waals surface area contributed by atoms with E-state index in [9.17, 15) is 0 Å². The third-order valence-electron chi connectivity index (χ3n) is 3.19. The van der Waals surface area contributed by atoms with E-state index in [0.717, 1.165) is 18.2 Å². The molecule has 1 rings (SSSR count). The predicted octanol–water partition coefficient (Wildman–Crippen LogP) is 4.46. The fourth-order valence-electron chi connectivity index (χ4n) is 2.17. The first-order chi connectivity index (χ1) is 8.15. The van der Waals surface area contributed by atoms with Crippen molar-refractivity contribution in [1.82, 2.24) is 5.32 Å². The molecule has 1 unspecified atom stereocenters. The first kappa shape index (κ1) is 14.3. The second-order valence-corrected chi connectivity index (χ2v) is 5.26. The molecule has 1 N–H and O–H groups in total. The molecule has 0 aromatic carbocycles. The van der Waals surface area contributed by atoms with Crippen molar-refractivity contribution in [3.05, 3.63) is 23.7 Å². The third-order valence-corrected chi connectivity index (χ3v) is 3.19. The summed E-state index contributed by atoms with van der Waals surface area (Å²) in [6.45, 7) is 9.92. The fraction of sp³-hybridized carbons (Fsp3) is 0.733. The van der Waals surface area contributed by atoms with E-state index >= 15 is 0 Å². The lowest BCUT2D eigenvalue weighted by Crippen LogP contribution is -2.22. The number of furan rings is 1. The van der Waals surface area contributed by atoms with Crippen molar-refractivity contribution in [2.75, 3.05) is 6.54 Å². The molecule has 0 saturated carbocycles. The Hall–Kier alpha value is -0.760. The maximum Gasteiger partial charge on any atom is 0.105 e. The van der Waals surface area contributed by atoms with Crippen molar-refractivity contribution in [2.45, 2.75) is 59.4 Å². The second-order valence-electron chi connectivity index (χ2n) is 5.26. The molecule has 0 aliphatic carbocycles. The molecular weight excluding hydrogens is 210 g/mol. The fourth-order valence-corrected chi connectivity index (χ4v) is 2.17. The van der Waals surface area contributed by atoms with Crippen LogP contribution >= 0.6 is 0 Å². The van der Waals surface area contributed by atoms with Crippen LogP contribution in [-0.2, 0) is 0 Å². The van der Waals surface area contributed by atoms with Crippen LogP contribution in [0.1, 0.15) is 63.8 Å². The number of hydrogen-bond donors (Lipinski definition) is 1. The van der Waals surface area contributed by atoms with E-state index in [2.05, 4.69) is 39.1 Å². The minimum atomic E-state index is 0.465. The molecule has 0 bridgehead atoms. The Morgan fingerprint density at radius 1 is 1.29 bits per heavy atom. The Morgan fingerprint density at radius 2 is 2.06 bits per heavy atom. The van der Waals surface area contributed by atoms with Crippen LogP contribution in [0.5, 0.6) is 0 Å². The maximum absolute atomic E-state index is 5.41. The Morgan fingerprint density at radius 3 is 2.59 bits per heavy atom. The quantitative estimate of drug-likeness (QED) is 0.722. The van der Waals surface area contributed by atoms with Crippen molar-refractivity contribution in [1.29, 1.82) is 0 Å². The molecular formula is C15H27NO. The summed E-state index contributed by atoms with van der Waals surface area (Å²) in [5.41, 5.74) is 1.34. The molecule has 17 heavy (non-hydrogen) atoms. The first-order valence-electron chi connectivity index (χ1n) is 6.92. The maximum atomic E-state index is 5.41. The van der Waals surface area contributed by atoms with Crippen LogP contribution < -0.4 is 5.32 Å². The molecule has 0 fully saturated rings. The molecule has 2 heteroatoms. The molecule has 1 atom stereocenters. The van der Waals surface area contributed by atoms with Gasteiger partial charge in [-0.3, -0.25) is 0 Å². The van der Waals surface area contributed by atoms with Gasteiger partial charge in [-0.1, -0.05) is 33.6 Å². The second kappa shape index (κ2) is 7.54. The van der Waals surface area contributed by atoms with Gasteiger partial charge in [0.1, 0.15) is 5.76 Å². The smallest absolute Gasteiger partial charge is 0.105 e. The third kappa shape index (κ3) is 4.95. The largest absolute Gasteiger partial charge is 0.469 e. The number of hydrogen-bond acceptors (Lipinski definition) is 2. The minimum Gasteiger partial charge on any atom is -0.469 e. The van der Waals surface area contributed by atoms with Crippen molar-refractivity contribution < 1.29 is 4.42 Å². The monoisotopic (exact) mass is 237 g/mol. The summed E-state index contributed by atoms with van der Waals surface area (Å²) in [4.78, 5) is 0. The summed E-state index contributed by atoms with van der Waals surface area (Å²) in [6.07, 6.45) is 6.77. The highest BCUT2D eigenvalue weighted by atomic mass is 16.3. The molecule has 0 spiro atoms. The van der Waals surface area contributed by atoms with E-state index in [0.29, 0.717) is 6.04 Å². The van der Waals surface area contributed by atoms with Crippen molar-refractivity contribution >= 4 is 0 Å². The summed E-state index contributed by atoms with van der Waals surface area (Å²) >= 11 is 0. The molecule has 0 radical (unpaired) electrons. The summed E-state index contributed by atoms with van der Waals surface area (Å²) < 4.78 is 5.41. The van der Waals surface area contributed by atoms with Gasteiger partial charge < -0.3 is 9.73 Å². The molecule has 98 valence electrons. The zero-order valence-corrected chi connectivity index (χ0v) is 11.8. The zero-order chi connectivity index (χ0) is 12.7. The van der Waals surface area contributed by atoms with Crippen molar-refractivity contribution in [2.24, 2.45) is 5.92 Å². The summed E-state index contributed by atoms with van der Waals surface area (Å²) in [5, 5.41) is 3.63. The van der Waals surface area contributed by atoms with Crippen molar-refractivity contribution in [3.63, 3.8) is 0 Å². The summed E-state index contributed by atoms with van der Waals surface area (Å²) in [7, 11) is 0. The van der Waals surface area contributed by atoms with Gasteiger partial charge in [-0.25, -0.2) is 0 Å². The van der Waals surface area contributed by atoms with Crippen LogP contribution in [0.3, 0.4) is 0 Å². The van der Waals surface area contributed by atoms with Crippen LogP contribution in [-0.4, -0.2) is 6.54 Å². The Labute approximate surface area is 106 Å². The van der Waals surface area contributed by atoms with Gasteiger partial charge in [-0.15, -0.1) is 0 Å². The van der Waals surface area contributed by atoms with Crippen LogP contribution in [0.4, 0.5) is 0 Å². The van der Waals surface area contributed by atoms with Gasteiger partial charge in [0.15, 0.2) is 0 Å². The molecule has 0 aliphatic rings. The van der Waals surface area contributed by atoms with E-state index in [-0.39, 0.29) is 0 Å². The lowest BCUT2D eigenvalue weighted by atomic mass is 9.98. The van der Waals surface area contributed by atoms with Gasteiger partial charge in [-0.2, -0.15) is 0 Å². The number of nitrogens with one attached hydrogen (secondary N) is 1. The number of aryl methyl sites for hydroxylation is 1. The molecule has 0 amide bonds. The molecule has 1 heterocycles. The SMILES string of the molecule is CCCNC(CCCC(C)C)c1ccoc1C. The molecule has 1 aromatic heterocycles. The highest BCUT2D eigenvalue weighted by molar-refractivity contribution is 5.20. The molecule has 1 aromatic rings. The predicted molar refractivity (Wildman–Crippen MR) is 73.2 cm³/mol. The van der Waals surface area contributed by atoms with E-state index in [1.165, 1.54) is 31.2 Å². The standard InChI is InChI=1S/C15H27NO/c1-5-10-16-15(8-6-7-12(2)3)14-9-11-17-13(14)4/h9,11-12,15-16H,5-8,10H2,1-4H3. The van der Waals surface area contributed by atoms with Gasteiger partial charge in [0, 0.05) is 11.6 Å². The van der Waals surface area contributed by atoms with Gasteiger partial charge in [0.2, 0.25) is 0 Å². The van der Waals surface area contributed by atoms with Crippen LogP contribution in [0, 0.1) is 12.8 Å². The molecule has 0 saturated heterocycles. The van der Waals surface area contributed by atoms with Gasteiger partial charge >= 0.3 is 0 Å². The average Bonchev–Trinajstić information content (AvgIpc) is 2.69. The van der Waals surface area contributed by atoms with Crippen molar-refractivity contribution in [3.8, 4) is 0 Å². The van der Waals surface area contributed by atoms with Gasteiger partial charge in [-0.05, 0) is 38.3 Å². The Bertz CT molecular complexity index is 304. The highest BCUT2D eigenvalue weighted by Crippen LogP contribution is 2.24. The number of rotatable bonds is 8.